The number of aryl methyl sites for hydroxylation is 1. The van der Waals surface area contributed by atoms with E-state index in [1.165, 1.54) is 11.3 Å². The first-order chi connectivity index (χ1) is 12.4. The van der Waals surface area contributed by atoms with Gasteiger partial charge in [0, 0.05) is 9.85 Å². The number of anilines is 1. The molecular weight excluding hydrogens is 438 g/mol. The second-order valence-electron chi connectivity index (χ2n) is 5.60. The maximum Gasteiger partial charge on any atom is 0.339 e. The molecule has 0 aliphatic carbocycles. The van der Waals surface area contributed by atoms with Gasteiger partial charge in [-0.05, 0) is 42.3 Å². The van der Waals surface area contributed by atoms with Crippen LogP contribution >= 0.6 is 38.9 Å². The van der Waals surface area contributed by atoms with E-state index in [0.29, 0.717) is 15.5 Å². The Kier molecular flexibility index (Phi) is 5.46. The highest BCUT2D eigenvalue weighted by Gasteiger charge is 2.22. The molecule has 4 nitrogen and oxygen atoms in total. The molecule has 0 saturated heterocycles. The summed E-state index contributed by atoms with van der Waals surface area (Å²) >= 11 is 10.8. The molecule has 1 heterocycles. The molecule has 1 amide bonds. The van der Waals surface area contributed by atoms with E-state index in [4.69, 9.17) is 11.6 Å². The number of rotatable bonds is 4. The Hall–Kier alpha value is -2.15. The first-order valence-electron chi connectivity index (χ1n) is 7.55. The van der Waals surface area contributed by atoms with Crippen molar-refractivity contribution in [3.05, 3.63) is 74.0 Å². The number of nitrogens with one attached hydrogen (secondary N) is 1. The summed E-state index contributed by atoms with van der Waals surface area (Å²) in [6, 6.07) is 12.4. The van der Waals surface area contributed by atoms with Crippen molar-refractivity contribution in [2.24, 2.45) is 0 Å². The smallest absolute Gasteiger partial charge is 0.339 e. The molecule has 0 spiro atoms. The average Bonchev–Trinajstić information content (AvgIpc) is 2.99. The standard InChI is InChI=1S/C19H13BrClNO3S/c1-10-2-7-13(14(21)8-10)18(23)22-15-9-26-17(16(15)19(24)25)11-3-5-12(20)6-4-11/h2-9H,1H3,(H,22,23)(H,24,25). The molecule has 2 aromatic carbocycles. The van der Waals surface area contributed by atoms with Crippen LogP contribution < -0.4 is 5.32 Å². The van der Waals surface area contributed by atoms with E-state index in [-0.39, 0.29) is 11.3 Å². The summed E-state index contributed by atoms with van der Waals surface area (Å²) in [5, 5.41) is 14.3. The number of carboxylic acids is 1. The fourth-order valence-corrected chi connectivity index (χ4v) is 4.05. The number of hydrogen-bond acceptors (Lipinski definition) is 3. The minimum absolute atomic E-state index is 0.0638. The van der Waals surface area contributed by atoms with Crippen LogP contribution in [0.1, 0.15) is 26.3 Å². The fourth-order valence-electron chi connectivity index (χ4n) is 2.47. The highest BCUT2D eigenvalue weighted by molar-refractivity contribution is 9.10. The van der Waals surface area contributed by atoms with Gasteiger partial charge in [0.25, 0.3) is 5.91 Å². The second-order valence-corrected chi connectivity index (χ2v) is 7.81. The molecule has 3 aromatic rings. The summed E-state index contributed by atoms with van der Waals surface area (Å²) in [7, 11) is 0. The average molecular weight is 451 g/mol. The molecule has 1 aromatic heterocycles. The van der Waals surface area contributed by atoms with E-state index in [1.54, 1.807) is 23.6 Å². The van der Waals surface area contributed by atoms with Gasteiger partial charge in [-0.2, -0.15) is 0 Å². The number of benzene rings is 2. The second kappa shape index (κ2) is 7.61. The largest absolute Gasteiger partial charge is 0.478 e. The zero-order chi connectivity index (χ0) is 18.8. The van der Waals surface area contributed by atoms with Crippen molar-refractivity contribution >= 4 is 56.4 Å². The Bertz CT molecular complexity index is 999. The summed E-state index contributed by atoms with van der Waals surface area (Å²) in [5.41, 5.74) is 2.32. The van der Waals surface area contributed by atoms with Crippen LogP contribution in [0, 0.1) is 6.92 Å². The van der Waals surface area contributed by atoms with Gasteiger partial charge in [0.15, 0.2) is 0 Å². The molecule has 7 heteroatoms. The van der Waals surface area contributed by atoms with E-state index in [2.05, 4.69) is 21.2 Å². The predicted octanol–water partition coefficient (Wildman–Crippen LogP) is 6.09. The maximum atomic E-state index is 12.5. The number of hydrogen-bond donors (Lipinski definition) is 2. The van der Waals surface area contributed by atoms with Crippen molar-refractivity contribution in [3.63, 3.8) is 0 Å². The first kappa shape index (κ1) is 18.6. The lowest BCUT2D eigenvalue weighted by atomic mass is 10.1. The molecule has 0 aliphatic rings. The van der Waals surface area contributed by atoms with Crippen molar-refractivity contribution in [1.29, 1.82) is 0 Å². The molecule has 132 valence electrons. The van der Waals surface area contributed by atoms with E-state index >= 15 is 0 Å². The molecule has 0 atom stereocenters. The molecule has 0 unspecified atom stereocenters. The van der Waals surface area contributed by atoms with Gasteiger partial charge in [0.05, 0.1) is 21.2 Å². The summed E-state index contributed by atoms with van der Waals surface area (Å²) in [5.74, 6) is -1.55. The van der Waals surface area contributed by atoms with Crippen LogP contribution in [0.4, 0.5) is 5.69 Å². The van der Waals surface area contributed by atoms with Crippen molar-refractivity contribution in [3.8, 4) is 10.4 Å². The van der Waals surface area contributed by atoms with Crippen LogP contribution in [0.25, 0.3) is 10.4 Å². The predicted molar refractivity (Wildman–Crippen MR) is 109 cm³/mol. The van der Waals surface area contributed by atoms with Crippen LogP contribution in [0.2, 0.25) is 5.02 Å². The van der Waals surface area contributed by atoms with Crippen LogP contribution in [-0.4, -0.2) is 17.0 Å². The van der Waals surface area contributed by atoms with Crippen LogP contribution in [0.3, 0.4) is 0 Å². The number of halogens is 2. The van der Waals surface area contributed by atoms with Gasteiger partial charge in [-0.15, -0.1) is 11.3 Å². The zero-order valence-corrected chi connectivity index (χ0v) is 16.7. The zero-order valence-electron chi connectivity index (χ0n) is 13.5. The minimum Gasteiger partial charge on any atom is -0.478 e. The number of amides is 1. The molecule has 0 aliphatic heterocycles. The summed E-state index contributed by atoms with van der Waals surface area (Å²) in [6.07, 6.45) is 0. The topological polar surface area (TPSA) is 66.4 Å². The number of carbonyl (C=O) groups excluding carboxylic acids is 1. The third-order valence-electron chi connectivity index (χ3n) is 3.73. The quantitative estimate of drug-likeness (QED) is 0.505. The van der Waals surface area contributed by atoms with Gasteiger partial charge in [-0.25, -0.2) is 4.79 Å². The van der Waals surface area contributed by atoms with Crippen molar-refractivity contribution in [2.45, 2.75) is 6.92 Å². The SMILES string of the molecule is Cc1ccc(C(=O)Nc2csc(-c3ccc(Br)cc3)c2C(=O)O)c(Cl)c1. The van der Waals surface area contributed by atoms with Gasteiger partial charge < -0.3 is 10.4 Å². The molecule has 0 bridgehead atoms. The Morgan fingerprint density at radius 2 is 1.85 bits per heavy atom. The first-order valence-corrected chi connectivity index (χ1v) is 9.60. The van der Waals surface area contributed by atoms with E-state index in [1.807, 2.05) is 31.2 Å². The van der Waals surface area contributed by atoms with Crippen LogP contribution in [-0.2, 0) is 0 Å². The Labute approximate surface area is 167 Å². The lowest BCUT2D eigenvalue weighted by molar-refractivity contribution is 0.0699. The lowest BCUT2D eigenvalue weighted by Gasteiger charge is -2.08. The number of aromatic carboxylic acids is 1. The van der Waals surface area contributed by atoms with Crippen LogP contribution in [0.5, 0.6) is 0 Å². The molecule has 0 radical (unpaired) electrons. The van der Waals surface area contributed by atoms with E-state index in [9.17, 15) is 14.7 Å². The Morgan fingerprint density at radius 1 is 1.15 bits per heavy atom. The maximum absolute atomic E-state index is 12.5. The monoisotopic (exact) mass is 449 g/mol. The Balaban J connectivity index is 1.97. The van der Waals surface area contributed by atoms with Crippen LogP contribution in [0.15, 0.2) is 52.3 Å². The van der Waals surface area contributed by atoms with Gasteiger partial charge in [-0.1, -0.05) is 45.7 Å². The Morgan fingerprint density at radius 3 is 2.46 bits per heavy atom. The molecule has 2 N–H and O–H groups in total. The molecular formula is C19H13BrClNO3S. The van der Waals surface area contributed by atoms with Gasteiger partial charge in [0.1, 0.15) is 5.56 Å². The van der Waals surface area contributed by atoms with Crippen molar-refractivity contribution < 1.29 is 14.7 Å². The van der Waals surface area contributed by atoms with E-state index in [0.717, 1.165) is 15.6 Å². The van der Waals surface area contributed by atoms with Crippen molar-refractivity contribution in [2.75, 3.05) is 5.32 Å². The van der Waals surface area contributed by atoms with Gasteiger partial charge >= 0.3 is 5.97 Å². The van der Waals surface area contributed by atoms with E-state index < -0.39 is 11.9 Å². The summed E-state index contributed by atoms with van der Waals surface area (Å²) in [6.45, 7) is 1.87. The summed E-state index contributed by atoms with van der Waals surface area (Å²) < 4.78 is 0.900. The third-order valence-corrected chi connectivity index (χ3v) is 5.60. The number of thiophene rings is 1. The fraction of sp³-hybridized carbons (Fsp3) is 0.0526. The van der Waals surface area contributed by atoms with Crippen molar-refractivity contribution in [1.82, 2.24) is 0 Å². The number of carbonyl (C=O) groups is 2. The molecule has 0 fully saturated rings. The molecule has 26 heavy (non-hydrogen) atoms. The third kappa shape index (κ3) is 3.82. The molecule has 3 rings (SSSR count). The lowest BCUT2D eigenvalue weighted by Crippen LogP contribution is -2.14. The highest BCUT2D eigenvalue weighted by atomic mass is 79.9. The normalized spacial score (nSPS) is 10.6. The highest BCUT2D eigenvalue weighted by Crippen LogP contribution is 2.37. The number of carboxylic acid groups (broad SMARTS) is 1. The molecule has 0 saturated carbocycles. The minimum atomic E-state index is -1.10. The summed E-state index contributed by atoms with van der Waals surface area (Å²) in [4.78, 5) is 24.9. The van der Waals surface area contributed by atoms with Gasteiger partial charge in [0.2, 0.25) is 0 Å². The van der Waals surface area contributed by atoms with Gasteiger partial charge in [-0.3, -0.25) is 4.79 Å².